The van der Waals surface area contributed by atoms with Gasteiger partial charge in [0, 0.05) is 16.3 Å². The van der Waals surface area contributed by atoms with Crippen LogP contribution in [0, 0.1) is 0 Å². The number of benzene rings is 1. The van der Waals surface area contributed by atoms with Crippen LogP contribution < -0.4 is 5.32 Å². The molecule has 0 bridgehead atoms. The van der Waals surface area contributed by atoms with Crippen LogP contribution in [0.15, 0.2) is 46.5 Å². The highest BCUT2D eigenvalue weighted by Crippen LogP contribution is 2.25. The zero-order chi connectivity index (χ0) is 15.6. The standard InChI is InChI=1S/C16H12N4OS2/c21-15(13-9-23-16(20-13)10-5-6-22-8-10)17-7-14-18-11-3-1-2-4-12(11)19-14/h1-6,8-9H,7H2,(H,17,21)(H,18,19). The lowest BCUT2D eigenvalue weighted by Crippen LogP contribution is -2.23. The summed E-state index contributed by atoms with van der Waals surface area (Å²) >= 11 is 3.09. The zero-order valence-corrected chi connectivity index (χ0v) is 13.6. The van der Waals surface area contributed by atoms with Crippen molar-refractivity contribution in [1.29, 1.82) is 0 Å². The molecule has 4 rings (SSSR count). The number of amides is 1. The number of fused-ring (bicyclic) bond motifs is 1. The summed E-state index contributed by atoms with van der Waals surface area (Å²) in [7, 11) is 0. The van der Waals surface area contributed by atoms with E-state index in [1.165, 1.54) is 11.3 Å². The number of carbonyl (C=O) groups excluding carboxylic acids is 1. The topological polar surface area (TPSA) is 70.7 Å². The summed E-state index contributed by atoms with van der Waals surface area (Å²) < 4.78 is 0. The first-order valence-electron chi connectivity index (χ1n) is 6.99. The van der Waals surface area contributed by atoms with E-state index in [0.29, 0.717) is 12.2 Å². The van der Waals surface area contributed by atoms with Crippen LogP contribution in [0.3, 0.4) is 0 Å². The number of imidazole rings is 1. The first kappa shape index (κ1) is 14.1. The Labute approximate surface area is 140 Å². The minimum Gasteiger partial charge on any atom is -0.343 e. The minimum atomic E-state index is -0.191. The third-order valence-electron chi connectivity index (χ3n) is 3.36. The molecule has 1 amide bonds. The van der Waals surface area contributed by atoms with Crippen molar-refractivity contribution < 1.29 is 4.79 Å². The molecule has 3 aromatic heterocycles. The van der Waals surface area contributed by atoms with Gasteiger partial charge in [-0.3, -0.25) is 4.79 Å². The van der Waals surface area contributed by atoms with Crippen molar-refractivity contribution in [3.05, 3.63) is 58.0 Å². The van der Waals surface area contributed by atoms with Crippen molar-refractivity contribution in [2.75, 3.05) is 0 Å². The number of nitrogens with one attached hydrogen (secondary N) is 2. The Hall–Kier alpha value is -2.51. The first-order chi connectivity index (χ1) is 11.3. The zero-order valence-electron chi connectivity index (χ0n) is 11.9. The maximum atomic E-state index is 12.2. The van der Waals surface area contributed by atoms with Gasteiger partial charge in [0.2, 0.25) is 0 Å². The molecule has 3 heterocycles. The number of hydrogen-bond acceptors (Lipinski definition) is 5. The van der Waals surface area contributed by atoms with Crippen LogP contribution in [0.2, 0.25) is 0 Å². The largest absolute Gasteiger partial charge is 0.343 e. The molecule has 1 aromatic carbocycles. The van der Waals surface area contributed by atoms with Crippen LogP contribution in [-0.2, 0) is 6.54 Å². The molecule has 0 aliphatic carbocycles. The molecule has 0 saturated heterocycles. The lowest BCUT2D eigenvalue weighted by atomic mass is 10.3. The molecular formula is C16H12N4OS2. The maximum absolute atomic E-state index is 12.2. The van der Waals surface area contributed by atoms with E-state index in [4.69, 9.17) is 0 Å². The van der Waals surface area contributed by atoms with Gasteiger partial charge in [-0.15, -0.1) is 11.3 Å². The van der Waals surface area contributed by atoms with Crippen molar-refractivity contribution in [3.8, 4) is 10.6 Å². The predicted molar refractivity (Wildman–Crippen MR) is 92.7 cm³/mol. The Balaban J connectivity index is 1.45. The first-order valence-corrected chi connectivity index (χ1v) is 8.82. The van der Waals surface area contributed by atoms with Crippen LogP contribution >= 0.6 is 22.7 Å². The van der Waals surface area contributed by atoms with Crippen LogP contribution in [0.5, 0.6) is 0 Å². The summed E-state index contributed by atoms with van der Waals surface area (Å²) in [4.78, 5) is 24.2. The average Bonchev–Trinajstić information content (AvgIpc) is 3.31. The number of aromatic amines is 1. The van der Waals surface area contributed by atoms with Gasteiger partial charge in [-0.05, 0) is 23.6 Å². The smallest absolute Gasteiger partial charge is 0.271 e. The highest BCUT2D eigenvalue weighted by molar-refractivity contribution is 7.14. The van der Waals surface area contributed by atoms with Gasteiger partial charge in [0.05, 0.1) is 17.6 Å². The summed E-state index contributed by atoms with van der Waals surface area (Å²) in [6.07, 6.45) is 0. The quantitative estimate of drug-likeness (QED) is 0.595. The van der Waals surface area contributed by atoms with Crippen molar-refractivity contribution in [3.63, 3.8) is 0 Å². The van der Waals surface area contributed by atoms with Gasteiger partial charge in [-0.2, -0.15) is 11.3 Å². The SMILES string of the molecule is O=C(NCc1nc2ccccc2[nH]1)c1csc(-c2ccsc2)n1. The lowest BCUT2D eigenvalue weighted by Gasteiger charge is -1.99. The second kappa shape index (κ2) is 5.94. The molecular weight excluding hydrogens is 328 g/mol. The second-order valence-corrected chi connectivity index (χ2v) is 6.57. The van der Waals surface area contributed by atoms with E-state index in [1.807, 2.05) is 41.1 Å². The van der Waals surface area contributed by atoms with Gasteiger partial charge >= 0.3 is 0 Å². The number of aromatic nitrogens is 3. The van der Waals surface area contributed by atoms with Crippen molar-refractivity contribution >= 4 is 39.6 Å². The molecule has 0 aliphatic rings. The third-order valence-corrected chi connectivity index (χ3v) is 4.93. The molecule has 0 spiro atoms. The van der Waals surface area contributed by atoms with E-state index in [0.717, 1.165) is 27.4 Å². The fraction of sp³-hybridized carbons (Fsp3) is 0.0625. The molecule has 114 valence electrons. The van der Waals surface area contributed by atoms with Crippen LogP contribution in [-0.4, -0.2) is 20.9 Å². The molecule has 23 heavy (non-hydrogen) atoms. The predicted octanol–water partition coefficient (Wildman–Crippen LogP) is 3.68. The number of hydrogen-bond donors (Lipinski definition) is 2. The number of carbonyl (C=O) groups is 1. The van der Waals surface area contributed by atoms with E-state index in [-0.39, 0.29) is 5.91 Å². The highest BCUT2D eigenvalue weighted by atomic mass is 32.1. The fourth-order valence-electron chi connectivity index (χ4n) is 2.24. The normalized spacial score (nSPS) is 11.0. The summed E-state index contributed by atoms with van der Waals surface area (Å²) in [5.41, 5.74) is 3.35. The summed E-state index contributed by atoms with van der Waals surface area (Å²) in [5, 5.41) is 9.51. The summed E-state index contributed by atoms with van der Waals surface area (Å²) in [6.45, 7) is 0.346. The van der Waals surface area contributed by atoms with E-state index in [9.17, 15) is 4.79 Å². The molecule has 0 aliphatic heterocycles. The molecule has 2 N–H and O–H groups in total. The number of rotatable bonds is 4. The Morgan fingerprint density at radius 1 is 1.17 bits per heavy atom. The molecule has 0 unspecified atom stereocenters. The molecule has 5 nitrogen and oxygen atoms in total. The van der Waals surface area contributed by atoms with E-state index >= 15 is 0 Å². The van der Waals surface area contributed by atoms with Crippen LogP contribution in [0.1, 0.15) is 16.3 Å². The Morgan fingerprint density at radius 2 is 2.09 bits per heavy atom. The molecule has 0 radical (unpaired) electrons. The van der Waals surface area contributed by atoms with Gasteiger partial charge < -0.3 is 10.3 Å². The molecule has 0 fully saturated rings. The third kappa shape index (κ3) is 2.88. The number of para-hydroxylation sites is 2. The van der Waals surface area contributed by atoms with Crippen LogP contribution in [0.25, 0.3) is 21.6 Å². The summed E-state index contributed by atoms with van der Waals surface area (Å²) in [6, 6.07) is 9.78. The molecule has 0 saturated carbocycles. The van der Waals surface area contributed by atoms with E-state index in [1.54, 1.807) is 16.7 Å². The monoisotopic (exact) mass is 340 g/mol. The van der Waals surface area contributed by atoms with E-state index in [2.05, 4.69) is 20.3 Å². The Bertz CT molecular complexity index is 922. The van der Waals surface area contributed by atoms with Gasteiger partial charge in [-0.25, -0.2) is 9.97 Å². The second-order valence-electron chi connectivity index (χ2n) is 4.93. The average molecular weight is 340 g/mol. The van der Waals surface area contributed by atoms with Gasteiger partial charge in [0.1, 0.15) is 16.5 Å². The number of H-pyrrole nitrogens is 1. The molecule has 7 heteroatoms. The Kier molecular flexibility index (Phi) is 3.64. The van der Waals surface area contributed by atoms with Crippen LogP contribution in [0.4, 0.5) is 0 Å². The van der Waals surface area contributed by atoms with Crippen molar-refractivity contribution in [1.82, 2.24) is 20.3 Å². The van der Waals surface area contributed by atoms with Gasteiger partial charge in [-0.1, -0.05) is 12.1 Å². The highest BCUT2D eigenvalue weighted by Gasteiger charge is 2.12. The Morgan fingerprint density at radius 3 is 2.91 bits per heavy atom. The molecule has 4 aromatic rings. The van der Waals surface area contributed by atoms with Crippen molar-refractivity contribution in [2.24, 2.45) is 0 Å². The number of thiophene rings is 1. The lowest BCUT2D eigenvalue weighted by molar-refractivity contribution is 0.0946. The number of nitrogens with zero attached hydrogens (tertiary/aromatic N) is 2. The van der Waals surface area contributed by atoms with Crippen molar-refractivity contribution in [2.45, 2.75) is 6.54 Å². The fourth-order valence-corrected chi connectivity index (χ4v) is 3.75. The van der Waals surface area contributed by atoms with Gasteiger partial charge in [0.25, 0.3) is 5.91 Å². The van der Waals surface area contributed by atoms with E-state index < -0.39 is 0 Å². The number of thiazole rings is 1. The maximum Gasteiger partial charge on any atom is 0.271 e. The minimum absolute atomic E-state index is 0.191. The summed E-state index contributed by atoms with van der Waals surface area (Å²) in [5.74, 6) is 0.538. The van der Waals surface area contributed by atoms with Gasteiger partial charge in [0.15, 0.2) is 0 Å². The molecule has 0 atom stereocenters.